The zero-order valence-electron chi connectivity index (χ0n) is 6.67. The average molecular weight is 185 g/mol. The molecule has 0 unspecified atom stereocenters. The summed E-state index contributed by atoms with van der Waals surface area (Å²) in [5.41, 5.74) is -2.23. The number of hydrogen-bond donors (Lipinski definition) is 4. The number of nitrogens with one attached hydrogen (secondary N) is 3. The summed E-state index contributed by atoms with van der Waals surface area (Å²) in [4.78, 5) is 36.1. The number of hydrogen-bond acceptors (Lipinski definition) is 4. The normalized spacial score (nSPS) is 9.62. The molecular weight excluding hydrogens is 178 g/mol. The minimum atomic E-state index is -1.37. The predicted molar refractivity (Wildman–Crippen MR) is 44.2 cm³/mol. The fourth-order valence-corrected chi connectivity index (χ4v) is 0.885. The largest absolute Gasteiger partial charge is 0.477 e. The molecule has 0 aliphatic carbocycles. The van der Waals surface area contributed by atoms with Crippen molar-refractivity contribution < 1.29 is 9.90 Å². The fourth-order valence-electron chi connectivity index (χ4n) is 0.885. The van der Waals surface area contributed by atoms with E-state index in [1.165, 1.54) is 7.05 Å². The molecule has 4 N–H and O–H groups in total. The number of aromatic nitrogens is 2. The molecule has 7 heteroatoms. The van der Waals surface area contributed by atoms with Gasteiger partial charge in [0.15, 0.2) is 5.69 Å². The van der Waals surface area contributed by atoms with Gasteiger partial charge in [0.2, 0.25) is 0 Å². The summed E-state index contributed by atoms with van der Waals surface area (Å²) >= 11 is 0. The van der Waals surface area contributed by atoms with E-state index < -0.39 is 22.9 Å². The summed E-state index contributed by atoms with van der Waals surface area (Å²) in [6, 6.07) is 0. The summed E-state index contributed by atoms with van der Waals surface area (Å²) in [7, 11) is 1.38. The smallest absolute Gasteiger partial charge is 0.354 e. The second-order valence-corrected chi connectivity index (χ2v) is 2.21. The van der Waals surface area contributed by atoms with E-state index in [0.29, 0.717) is 0 Å². The first-order valence-corrected chi connectivity index (χ1v) is 3.34. The first kappa shape index (κ1) is 9.04. The van der Waals surface area contributed by atoms with Gasteiger partial charge in [0.25, 0.3) is 5.56 Å². The topological polar surface area (TPSA) is 115 Å². The van der Waals surface area contributed by atoms with Gasteiger partial charge < -0.3 is 10.4 Å². The van der Waals surface area contributed by atoms with Crippen LogP contribution in [0.1, 0.15) is 10.5 Å². The Bertz CT molecular complexity index is 444. The number of aromatic carboxylic acids is 1. The van der Waals surface area contributed by atoms with Crippen LogP contribution in [0.4, 0.5) is 5.69 Å². The molecule has 0 amide bonds. The minimum Gasteiger partial charge on any atom is -0.477 e. The molecule has 0 aromatic carbocycles. The second-order valence-electron chi connectivity index (χ2n) is 2.21. The molecule has 13 heavy (non-hydrogen) atoms. The van der Waals surface area contributed by atoms with Gasteiger partial charge in [0, 0.05) is 7.05 Å². The maximum absolute atomic E-state index is 11.0. The number of aromatic amines is 2. The number of carboxylic acids is 1. The molecule has 0 saturated carbocycles. The van der Waals surface area contributed by atoms with Gasteiger partial charge in [-0.15, -0.1) is 0 Å². The van der Waals surface area contributed by atoms with Crippen LogP contribution in [0.2, 0.25) is 0 Å². The highest BCUT2D eigenvalue weighted by atomic mass is 16.4. The molecule has 1 aromatic rings. The molecule has 0 bridgehead atoms. The molecule has 0 saturated heterocycles. The van der Waals surface area contributed by atoms with E-state index in [0.717, 1.165) is 0 Å². The van der Waals surface area contributed by atoms with Crippen LogP contribution in [0.3, 0.4) is 0 Å². The van der Waals surface area contributed by atoms with Crippen molar-refractivity contribution in [3.05, 3.63) is 26.5 Å². The van der Waals surface area contributed by atoms with Crippen molar-refractivity contribution in [2.75, 3.05) is 12.4 Å². The zero-order chi connectivity index (χ0) is 10.0. The predicted octanol–water partition coefficient (Wildman–Crippen LogP) is -1.20. The number of H-pyrrole nitrogens is 2. The lowest BCUT2D eigenvalue weighted by molar-refractivity contribution is 0.0691. The Morgan fingerprint density at radius 3 is 2.46 bits per heavy atom. The van der Waals surface area contributed by atoms with Gasteiger partial charge in [-0.25, -0.2) is 9.59 Å². The Balaban J connectivity index is 3.57. The Kier molecular flexibility index (Phi) is 2.18. The molecule has 1 heterocycles. The van der Waals surface area contributed by atoms with Crippen molar-refractivity contribution in [1.82, 2.24) is 9.97 Å². The summed E-state index contributed by atoms with van der Waals surface area (Å²) in [6.45, 7) is 0. The molecule has 0 aliphatic heterocycles. The van der Waals surface area contributed by atoms with Crippen molar-refractivity contribution in [2.45, 2.75) is 0 Å². The van der Waals surface area contributed by atoms with Crippen LogP contribution in [-0.4, -0.2) is 28.1 Å². The van der Waals surface area contributed by atoms with Crippen molar-refractivity contribution >= 4 is 11.7 Å². The van der Waals surface area contributed by atoms with Crippen molar-refractivity contribution in [2.24, 2.45) is 0 Å². The van der Waals surface area contributed by atoms with Gasteiger partial charge in [-0.05, 0) is 0 Å². The number of carbonyl (C=O) groups is 1. The van der Waals surface area contributed by atoms with Crippen LogP contribution in [0.25, 0.3) is 0 Å². The molecule has 0 atom stereocenters. The van der Waals surface area contributed by atoms with E-state index in [2.05, 4.69) is 5.32 Å². The summed E-state index contributed by atoms with van der Waals surface area (Å²) in [5, 5.41) is 11.0. The standard InChI is InChI=1S/C6H7N3O4/c1-7-2-3(5(11)12)8-6(13)9-4(2)10/h7H,1H3,(H,11,12)(H2,8,9,10,13). The van der Waals surface area contributed by atoms with E-state index in [1.807, 2.05) is 9.97 Å². The lowest BCUT2D eigenvalue weighted by Crippen LogP contribution is -2.28. The van der Waals surface area contributed by atoms with E-state index in [4.69, 9.17) is 5.11 Å². The van der Waals surface area contributed by atoms with E-state index in [-0.39, 0.29) is 5.69 Å². The molecule has 7 nitrogen and oxygen atoms in total. The first-order chi connectivity index (χ1) is 6.06. The van der Waals surface area contributed by atoms with E-state index >= 15 is 0 Å². The summed E-state index contributed by atoms with van der Waals surface area (Å²) < 4.78 is 0. The molecule has 0 fully saturated rings. The average Bonchev–Trinajstić information content (AvgIpc) is 2.02. The Hall–Kier alpha value is -2.05. The lowest BCUT2D eigenvalue weighted by atomic mass is 10.3. The first-order valence-electron chi connectivity index (χ1n) is 3.34. The Labute approximate surface area is 71.4 Å². The van der Waals surface area contributed by atoms with Crippen LogP contribution in [0, 0.1) is 0 Å². The zero-order valence-corrected chi connectivity index (χ0v) is 6.67. The molecular formula is C6H7N3O4. The third kappa shape index (κ3) is 1.58. The molecule has 70 valence electrons. The molecule has 1 aromatic heterocycles. The van der Waals surface area contributed by atoms with Crippen molar-refractivity contribution in [3.8, 4) is 0 Å². The SMILES string of the molecule is CNc1c(C(=O)O)[nH]c(=O)[nH]c1=O. The highest BCUT2D eigenvalue weighted by Crippen LogP contribution is 2.01. The van der Waals surface area contributed by atoms with Crippen LogP contribution >= 0.6 is 0 Å². The van der Waals surface area contributed by atoms with E-state index in [9.17, 15) is 14.4 Å². The number of anilines is 1. The van der Waals surface area contributed by atoms with Gasteiger partial charge >= 0.3 is 11.7 Å². The van der Waals surface area contributed by atoms with Gasteiger partial charge in [-0.2, -0.15) is 0 Å². The van der Waals surface area contributed by atoms with Crippen molar-refractivity contribution in [3.63, 3.8) is 0 Å². The molecule has 1 rings (SSSR count). The third-order valence-electron chi connectivity index (χ3n) is 1.41. The van der Waals surface area contributed by atoms with Crippen LogP contribution in [-0.2, 0) is 0 Å². The van der Waals surface area contributed by atoms with Crippen LogP contribution in [0.15, 0.2) is 9.59 Å². The van der Waals surface area contributed by atoms with Crippen LogP contribution in [0.5, 0.6) is 0 Å². The highest BCUT2D eigenvalue weighted by molar-refractivity contribution is 5.91. The Morgan fingerprint density at radius 2 is 2.00 bits per heavy atom. The Morgan fingerprint density at radius 1 is 1.38 bits per heavy atom. The van der Waals surface area contributed by atoms with Gasteiger partial charge in [-0.1, -0.05) is 0 Å². The molecule has 0 aliphatic rings. The maximum Gasteiger partial charge on any atom is 0.354 e. The van der Waals surface area contributed by atoms with E-state index in [1.54, 1.807) is 0 Å². The van der Waals surface area contributed by atoms with Crippen molar-refractivity contribution in [1.29, 1.82) is 0 Å². The minimum absolute atomic E-state index is 0.174. The molecule has 0 spiro atoms. The monoisotopic (exact) mass is 185 g/mol. The highest BCUT2D eigenvalue weighted by Gasteiger charge is 2.13. The number of rotatable bonds is 2. The van der Waals surface area contributed by atoms with Gasteiger partial charge in [0.1, 0.15) is 5.69 Å². The summed E-state index contributed by atoms with van der Waals surface area (Å²) in [6.07, 6.45) is 0. The quantitative estimate of drug-likeness (QED) is 0.462. The molecule has 0 radical (unpaired) electrons. The lowest BCUT2D eigenvalue weighted by Gasteiger charge is -2.01. The number of carboxylic acid groups (broad SMARTS) is 1. The van der Waals surface area contributed by atoms with Gasteiger partial charge in [0.05, 0.1) is 0 Å². The maximum atomic E-state index is 11.0. The second kappa shape index (κ2) is 3.13. The van der Waals surface area contributed by atoms with Crippen LogP contribution < -0.4 is 16.6 Å². The fraction of sp³-hybridized carbons (Fsp3) is 0.167. The third-order valence-corrected chi connectivity index (χ3v) is 1.41. The summed E-state index contributed by atoms with van der Waals surface area (Å²) in [5.74, 6) is -1.37. The van der Waals surface area contributed by atoms with Gasteiger partial charge in [-0.3, -0.25) is 14.8 Å².